The highest BCUT2D eigenvalue weighted by molar-refractivity contribution is 7.89. The zero-order valence-electron chi connectivity index (χ0n) is 13.6. The van der Waals surface area contributed by atoms with Crippen molar-refractivity contribution in [1.82, 2.24) is 9.71 Å². The number of aromatic nitrogens is 1. The zero-order chi connectivity index (χ0) is 17.2. The van der Waals surface area contributed by atoms with Gasteiger partial charge in [0.25, 0.3) is 10.0 Å². The summed E-state index contributed by atoms with van der Waals surface area (Å²) in [5.41, 5.74) is 1.28. The molecule has 24 heavy (non-hydrogen) atoms. The number of nitrogens with zero attached hydrogens (tertiary/aromatic N) is 1. The Morgan fingerprint density at radius 3 is 2.58 bits per heavy atom. The molecular weight excluding hydrogens is 344 g/mol. The Balaban J connectivity index is 1.89. The first-order valence-electron chi connectivity index (χ1n) is 8.21. The molecule has 1 aliphatic carbocycles. The highest BCUT2D eigenvalue weighted by atomic mass is 35.5. The molecule has 2 unspecified atom stereocenters. The van der Waals surface area contributed by atoms with Crippen molar-refractivity contribution in [2.75, 3.05) is 0 Å². The van der Waals surface area contributed by atoms with Crippen molar-refractivity contribution in [2.24, 2.45) is 5.92 Å². The lowest BCUT2D eigenvalue weighted by molar-refractivity contribution is 0.310. The highest BCUT2D eigenvalue weighted by Crippen LogP contribution is 2.28. The van der Waals surface area contributed by atoms with Crippen LogP contribution in [0, 0.1) is 5.92 Å². The summed E-state index contributed by atoms with van der Waals surface area (Å²) in [6.45, 7) is 2.10. The van der Waals surface area contributed by atoms with Crippen molar-refractivity contribution < 1.29 is 8.42 Å². The van der Waals surface area contributed by atoms with Gasteiger partial charge in [-0.3, -0.25) is 0 Å². The Morgan fingerprint density at radius 2 is 1.83 bits per heavy atom. The predicted molar refractivity (Wildman–Crippen MR) is 96.4 cm³/mol. The largest absolute Gasteiger partial charge is 0.258 e. The summed E-state index contributed by atoms with van der Waals surface area (Å²) in [5, 5.41) is 0.589. The Labute approximate surface area is 148 Å². The normalized spacial score (nSPS) is 21.6. The maximum atomic E-state index is 12.7. The number of benzene rings is 1. The maximum Gasteiger partial charge on any atom is 0.258 e. The fourth-order valence-electron chi connectivity index (χ4n) is 3.13. The molecule has 0 amide bonds. The SMILES string of the molecule is CC1CCCCC1NS(=O)(=O)c1cccc(-c2ccccc2Cl)n1. The minimum absolute atomic E-state index is 0.0190. The van der Waals surface area contributed by atoms with Gasteiger partial charge in [0.1, 0.15) is 0 Å². The van der Waals surface area contributed by atoms with Crippen LogP contribution in [0.3, 0.4) is 0 Å². The first-order valence-corrected chi connectivity index (χ1v) is 10.1. The van der Waals surface area contributed by atoms with Gasteiger partial charge in [-0.15, -0.1) is 0 Å². The zero-order valence-corrected chi connectivity index (χ0v) is 15.1. The van der Waals surface area contributed by atoms with Gasteiger partial charge in [0.05, 0.1) is 5.69 Å². The maximum absolute atomic E-state index is 12.7. The molecule has 128 valence electrons. The summed E-state index contributed by atoms with van der Waals surface area (Å²) < 4.78 is 28.2. The lowest BCUT2D eigenvalue weighted by Gasteiger charge is -2.29. The minimum atomic E-state index is -3.64. The molecule has 1 saturated carbocycles. The van der Waals surface area contributed by atoms with E-state index < -0.39 is 10.0 Å². The van der Waals surface area contributed by atoms with E-state index in [4.69, 9.17) is 11.6 Å². The molecule has 2 aromatic rings. The standard InChI is InChI=1S/C18H21ClN2O2S/c1-13-7-2-5-10-16(13)21-24(22,23)18-12-6-11-17(20-18)14-8-3-4-9-15(14)19/h3-4,6,8-9,11-13,16,21H,2,5,7,10H2,1H3. The van der Waals surface area contributed by atoms with Crippen LogP contribution in [0.25, 0.3) is 11.3 Å². The van der Waals surface area contributed by atoms with Crippen LogP contribution >= 0.6 is 11.6 Å². The Bertz CT molecular complexity index is 823. The summed E-state index contributed by atoms with van der Waals surface area (Å²) in [4.78, 5) is 4.33. The van der Waals surface area contributed by atoms with Gasteiger partial charge in [0, 0.05) is 16.6 Å². The second-order valence-corrected chi connectivity index (χ2v) is 8.40. The van der Waals surface area contributed by atoms with Gasteiger partial charge in [-0.1, -0.05) is 55.6 Å². The van der Waals surface area contributed by atoms with Gasteiger partial charge < -0.3 is 0 Å². The third-order valence-corrected chi connectivity index (χ3v) is 6.29. The average molecular weight is 365 g/mol. The number of hydrogen-bond acceptors (Lipinski definition) is 3. The predicted octanol–water partition coefficient (Wildman–Crippen LogP) is 4.26. The number of hydrogen-bond donors (Lipinski definition) is 1. The molecule has 0 bridgehead atoms. The summed E-state index contributed by atoms with van der Waals surface area (Å²) in [5.74, 6) is 0.347. The van der Waals surface area contributed by atoms with Gasteiger partial charge in [-0.25, -0.2) is 18.1 Å². The number of halogens is 1. The van der Waals surface area contributed by atoms with E-state index in [1.165, 1.54) is 12.5 Å². The van der Waals surface area contributed by atoms with Crippen molar-refractivity contribution in [1.29, 1.82) is 0 Å². The van der Waals surface area contributed by atoms with Crippen LogP contribution in [0.5, 0.6) is 0 Å². The van der Waals surface area contributed by atoms with Crippen molar-refractivity contribution in [2.45, 2.75) is 43.7 Å². The number of nitrogens with one attached hydrogen (secondary N) is 1. The number of sulfonamides is 1. The van der Waals surface area contributed by atoms with Gasteiger partial charge in [-0.05, 0) is 37.0 Å². The van der Waals surface area contributed by atoms with Crippen LogP contribution in [0.15, 0.2) is 47.5 Å². The van der Waals surface area contributed by atoms with Crippen LogP contribution in [-0.2, 0) is 10.0 Å². The third-order valence-electron chi connectivity index (χ3n) is 4.57. The lowest BCUT2D eigenvalue weighted by atomic mass is 9.87. The molecule has 1 fully saturated rings. The summed E-state index contributed by atoms with van der Waals surface area (Å²) in [6, 6.07) is 12.3. The van der Waals surface area contributed by atoms with Crippen LogP contribution < -0.4 is 4.72 Å². The topological polar surface area (TPSA) is 59.1 Å². The molecule has 1 aliphatic rings. The molecule has 2 atom stereocenters. The monoisotopic (exact) mass is 364 g/mol. The minimum Gasteiger partial charge on any atom is -0.235 e. The highest BCUT2D eigenvalue weighted by Gasteiger charge is 2.27. The van der Waals surface area contributed by atoms with E-state index in [0.717, 1.165) is 24.8 Å². The Kier molecular flexibility index (Phi) is 5.23. The lowest BCUT2D eigenvalue weighted by Crippen LogP contribution is -2.41. The van der Waals surface area contributed by atoms with Crippen molar-refractivity contribution in [3.63, 3.8) is 0 Å². The first kappa shape index (κ1) is 17.4. The van der Waals surface area contributed by atoms with E-state index in [9.17, 15) is 8.42 Å². The van der Waals surface area contributed by atoms with Gasteiger partial charge in [-0.2, -0.15) is 0 Å². The van der Waals surface area contributed by atoms with Crippen LogP contribution in [0.2, 0.25) is 5.02 Å². The Hall–Kier alpha value is -1.43. The third kappa shape index (κ3) is 3.79. The number of rotatable bonds is 4. The molecule has 0 saturated heterocycles. The van der Waals surface area contributed by atoms with E-state index in [1.807, 2.05) is 18.2 Å². The molecule has 1 heterocycles. The van der Waals surface area contributed by atoms with Gasteiger partial charge in [0.15, 0.2) is 5.03 Å². The molecule has 0 spiro atoms. The fraction of sp³-hybridized carbons (Fsp3) is 0.389. The molecular formula is C18H21ClN2O2S. The summed E-state index contributed by atoms with van der Waals surface area (Å²) >= 11 is 6.20. The average Bonchev–Trinajstić information content (AvgIpc) is 2.57. The second-order valence-electron chi connectivity index (χ2n) is 6.33. The van der Waals surface area contributed by atoms with E-state index in [2.05, 4.69) is 16.6 Å². The Morgan fingerprint density at radius 1 is 1.08 bits per heavy atom. The molecule has 1 N–H and O–H groups in total. The van der Waals surface area contributed by atoms with Crippen molar-refractivity contribution >= 4 is 21.6 Å². The van der Waals surface area contributed by atoms with Crippen molar-refractivity contribution in [3.8, 4) is 11.3 Å². The van der Waals surface area contributed by atoms with E-state index in [1.54, 1.807) is 18.2 Å². The summed E-state index contributed by atoms with van der Waals surface area (Å²) in [6.07, 6.45) is 4.16. The molecule has 4 nitrogen and oxygen atoms in total. The molecule has 0 aliphatic heterocycles. The van der Waals surface area contributed by atoms with Gasteiger partial charge >= 0.3 is 0 Å². The van der Waals surface area contributed by atoms with Gasteiger partial charge in [0.2, 0.25) is 0 Å². The summed E-state index contributed by atoms with van der Waals surface area (Å²) in [7, 11) is -3.64. The fourth-order valence-corrected chi connectivity index (χ4v) is 4.71. The number of pyridine rings is 1. The molecule has 0 radical (unpaired) electrons. The molecule has 3 rings (SSSR count). The van der Waals surface area contributed by atoms with Crippen LogP contribution in [0.4, 0.5) is 0 Å². The van der Waals surface area contributed by atoms with Crippen molar-refractivity contribution in [3.05, 3.63) is 47.5 Å². The van der Waals surface area contributed by atoms with Crippen LogP contribution in [0.1, 0.15) is 32.6 Å². The van der Waals surface area contributed by atoms with Crippen LogP contribution in [-0.4, -0.2) is 19.4 Å². The molecule has 6 heteroatoms. The molecule has 1 aromatic heterocycles. The smallest absolute Gasteiger partial charge is 0.235 e. The molecule has 1 aromatic carbocycles. The second kappa shape index (κ2) is 7.21. The van der Waals surface area contributed by atoms with E-state index >= 15 is 0 Å². The quantitative estimate of drug-likeness (QED) is 0.881. The first-order chi connectivity index (χ1) is 11.5. The van der Waals surface area contributed by atoms with E-state index in [-0.39, 0.29) is 11.1 Å². The van der Waals surface area contributed by atoms with E-state index in [0.29, 0.717) is 16.6 Å².